The molecule has 0 aliphatic heterocycles. The van der Waals surface area contributed by atoms with E-state index in [9.17, 15) is 0 Å². The summed E-state index contributed by atoms with van der Waals surface area (Å²) in [5.74, 6) is 0. The topological polar surface area (TPSA) is 0 Å². The van der Waals surface area contributed by atoms with Gasteiger partial charge in [-0.15, -0.1) is 35.0 Å². The maximum atomic E-state index is 5.43. The third-order valence-corrected chi connectivity index (χ3v) is 2.22. The Labute approximate surface area is 154 Å². The number of hydrogen-bond acceptors (Lipinski definition) is 0. The van der Waals surface area contributed by atoms with E-state index in [1.54, 1.807) is 0 Å². The van der Waals surface area contributed by atoms with Gasteiger partial charge in [0.05, 0.1) is 0 Å². The third-order valence-electron chi connectivity index (χ3n) is 2.22. The van der Waals surface area contributed by atoms with Crippen LogP contribution in [0.2, 0.25) is 13.1 Å². The van der Waals surface area contributed by atoms with Gasteiger partial charge in [0.25, 0.3) is 0 Å². The van der Waals surface area contributed by atoms with Crippen LogP contribution < -0.4 is 0 Å². The Morgan fingerprint density at radius 2 is 1.10 bits per heavy atom. The van der Waals surface area contributed by atoms with Crippen LogP contribution in [0.25, 0.3) is 0 Å². The molecule has 0 radical (unpaired) electrons. The number of hydrogen-bond donors (Lipinski definition) is 0. The van der Waals surface area contributed by atoms with Gasteiger partial charge < -0.3 is 0 Å². The minimum absolute atomic E-state index is 0. The van der Waals surface area contributed by atoms with Crippen molar-refractivity contribution in [2.75, 3.05) is 0 Å². The van der Waals surface area contributed by atoms with Gasteiger partial charge >= 0.3 is 26.2 Å². The Morgan fingerprint density at radius 3 is 1.15 bits per heavy atom. The molecule has 0 fully saturated rings. The second kappa shape index (κ2) is 11.2. The van der Waals surface area contributed by atoms with Gasteiger partial charge in [-0.3, -0.25) is 12.2 Å². The van der Waals surface area contributed by atoms with Gasteiger partial charge in [-0.1, -0.05) is 27.7 Å². The summed E-state index contributed by atoms with van der Waals surface area (Å²) in [5, 5.41) is 0. The molecule has 0 atom stereocenters. The largest absolute Gasteiger partial charge is 2.00 e. The molecular formula is C16H24Cl2SiZr. The fourth-order valence-electron chi connectivity index (χ4n) is 1.50. The van der Waals surface area contributed by atoms with E-state index in [4.69, 9.17) is 22.2 Å². The van der Waals surface area contributed by atoms with Crippen molar-refractivity contribution in [3.8, 4) is 0 Å². The molecule has 2 aliphatic carbocycles. The fourth-order valence-corrected chi connectivity index (χ4v) is 1.50. The maximum Gasteiger partial charge on any atom is 2.00 e. The monoisotopic (exact) mass is 404 g/mol. The summed E-state index contributed by atoms with van der Waals surface area (Å²) in [5.41, 5.74) is 5.44. The zero-order chi connectivity index (χ0) is 15.1. The van der Waals surface area contributed by atoms with Crippen molar-refractivity contribution in [2.45, 2.75) is 53.6 Å². The van der Waals surface area contributed by atoms with Crippen LogP contribution in [0.4, 0.5) is 0 Å². The van der Waals surface area contributed by atoms with Crippen LogP contribution in [0.1, 0.15) is 40.5 Å². The van der Waals surface area contributed by atoms with Gasteiger partial charge in [-0.25, -0.2) is 23.3 Å². The zero-order valence-electron chi connectivity index (χ0n) is 13.3. The van der Waals surface area contributed by atoms with Gasteiger partial charge in [0, 0.05) is 0 Å². The van der Waals surface area contributed by atoms with Gasteiger partial charge in [-0.05, 0) is 13.1 Å². The maximum absolute atomic E-state index is 5.43. The van der Waals surface area contributed by atoms with E-state index in [1.807, 2.05) is 13.1 Å². The standard InChI is InChI=1S/2C7H9.C2H6Cl2Si.Zr/c2*1-6-3-4-7(2)5-6;1-5(2,3)4;/h2*5H,3H2,1-2H3;1-2H3;/q2*-1;;+2. The normalized spacial score (nSPS) is 16.4. The van der Waals surface area contributed by atoms with Gasteiger partial charge in [0.15, 0.2) is 0 Å². The van der Waals surface area contributed by atoms with Crippen LogP contribution in [0.15, 0.2) is 34.4 Å². The molecule has 0 spiro atoms. The fraction of sp³-hybridized carbons (Fsp3) is 0.500. The van der Waals surface area contributed by atoms with E-state index in [2.05, 4.69) is 52.0 Å². The van der Waals surface area contributed by atoms with Crippen LogP contribution in [0, 0.1) is 12.2 Å². The Bertz CT molecular complexity index is 373. The van der Waals surface area contributed by atoms with E-state index >= 15 is 0 Å². The van der Waals surface area contributed by atoms with E-state index in [0.29, 0.717) is 0 Å². The molecule has 0 unspecified atom stereocenters. The quantitative estimate of drug-likeness (QED) is 0.250. The van der Waals surface area contributed by atoms with Crippen LogP contribution >= 0.6 is 22.2 Å². The SMILES string of the molecule is CC1=[C-]CC(C)=C1.CC1=[C-]CC(C)=C1.C[Si](C)(Cl)Cl.[Zr+2]. The van der Waals surface area contributed by atoms with Crippen molar-refractivity contribution in [2.24, 2.45) is 0 Å². The minimum Gasteiger partial charge on any atom is -0.270 e. The average Bonchev–Trinajstić information content (AvgIpc) is 2.74. The van der Waals surface area contributed by atoms with Crippen LogP contribution in [0.5, 0.6) is 0 Å². The first kappa shape index (κ1) is 22.9. The molecule has 0 amide bonds. The van der Waals surface area contributed by atoms with E-state index in [1.165, 1.54) is 22.3 Å². The average molecular weight is 407 g/mol. The molecule has 0 aromatic rings. The van der Waals surface area contributed by atoms with Crippen molar-refractivity contribution < 1.29 is 26.2 Å². The van der Waals surface area contributed by atoms with Gasteiger partial charge in [-0.2, -0.15) is 11.1 Å². The van der Waals surface area contributed by atoms with Crippen molar-refractivity contribution >= 4 is 28.9 Å². The molecule has 2 aliphatic rings. The molecule has 110 valence electrons. The Balaban J connectivity index is 0. The Hall–Kier alpha value is 0.640. The first-order valence-corrected chi connectivity index (χ1v) is 11.5. The molecule has 0 aromatic heterocycles. The zero-order valence-corrected chi connectivity index (χ0v) is 18.3. The second-order valence-corrected chi connectivity index (χ2v) is 14.3. The molecule has 0 heterocycles. The summed E-state index contributed by atoms with van der Waals surface area (Å²) in [6.45, 7) is 10.5. The van der Waals surface area contributed by atoms with Crippen molar-refractivity contribution in [3.63, 3.8) is 0 Å². The molecular weight excluding hydrogens is 382 g/mol. The summed E-state index contributed by atoms with van der Waals surface area (Å²) in [6, 6.07) is 0. The summed E-state index contributed by atoms with van der Waals surface area (Å²) in [6.07, 6.45) is 12.8. The van der Waals surface area contributed by atoms with Crippen LogP contribution in [0.3, 0.4) is 0 Å². The van der Waals surface area contributed by atoms with Crippen LogP contribution in [-0.2, 0) is 26.2 Å². The summed E-state index contributed by atoms with van der Waals surface area (Å²) in [4.78, 5) is 0. The molecule has 0 aromatic carbocycles. The van der Waals surface area contributed by atoms with Crippen LogP contribution in [-0.4, -0.2) is 6.69 Å². The Kier molecular flexibility index (Phi) is 12.9. The third kappa shape index (κ3) is 16.7. The summed E-state index contributed by atoms with van der Waals surface area (Å²) in [7, 11) is 0. The Morgan fingerprint density at radius 1 is 0.850 bits per heavy atom. The number of rotatable bonds is 0. The van der Waals surface area contributed by atoms with Crippen molar-refractivity contribution in [1.82, 2.24) is 0 Å². The molecule has 0 saturated carbocycles. The smallest absolute Gasteiger partial charge is 0.270 e. The van der Waals surface area contributed by atoms with Gasteiger partial charge in [0.2, 0.25) is 6.69 Å². The molecule has 0 nitrogen and oxygen atoms in total. The van der Waals surface area contributed by atoms with Crippen molar-refractivity contribution in [3.05, 3.63) is 46.6 Å². The molecule has 0 saturated heterocycles. The second-order valence-electron chi connectivity index (χ2n) is 5.38. The van der Waals surface area contributed by atoms with Gasteiger partial charge in [0.1, 0.15) is 0 Å². The summed E-state index contributed by atoms with van der Waals surface area (Å²) < 4.78 is 0. The van der Waals surface area contributed by atoms with E-state index < -0.39 is 6.69 Å². The summed E-state index contributed by atoms with van der Waals surface area (Å²) >= 11 is 10.9. The number of halogens is 2. The minimum atomic E-state index is -1.67. The first-order chi connectivity index (χ1) is 8.58. The van der Waals surface area contributed by atoms with Crippen molar-refractivity contribution in [1.29, 1.82) is 0 Å². The predicted octanol–water partition coefficient (Wildman–Crippen LogP) is 6.34. The predicted molar refractivity (Wildman–Crippen MR) is 90.8 cm³/mol. The molecule has 0 N–H and O–H groups in total. The molecule has 4 heteroatoms. The molecule has 2 rings (SSSR count). The van der Waals surface area contributed by atoms with E-state index in [0.717, 1.165) is 12.8 Å². The van der Waals surface area contributed by atoms with E-state index in [-0.39, 0.29) is 26.2 Å². The first-order valence-electron chi connectivity index (χ1n) is 6.45. The number of allylic oxidation sites excluding steroid dienone is 8. The molecule has 0 bridgehead atoms. The molecule has 20 heavy (non-hydrogen) atoms.